The molecule has 1 aromatic heterocycles. The minimum atomic E-state index is 0.477. The van der Waals surface area contributed by atoms with E-state index in [0.717, 1.165) is 16.8 Å². The number of pyridine rings is 1. The summed E-state index contributed by atoms with van der Waals surface area (Å²) >= 11 is 6.10. The first-order valence-electron chi connectivity index (χ1n) is 5.70. The highest BCUT2D eigenvalue weighted by atomic mass is 35.5. The molecule has 0 saturated heterocycles. The van der Waals surface area contributed by atoms with Crippen LogP contribution in [0.15, 0.2) is 30.3 Å². The fourth-order valence-electron chi connectivity index (χ4n) is 1.64. The Hall–Kier alpha value is -1.58. The summed E-state index contributed by atoms with van der Waals surface area (Å²) in [6.45, 7) is 4.37. The predicted molar refractivity (Wildman–Crippen MR) is 73.1 cm³/mol. The van der Waals surface area contributed by atoms with Crippen molar-refractivity contribution >= 4 is 11.6 Å². The summed E-state index contributed by atoms with van der Waals surface area (Å²) < 4.78 is 5.66. The lowest BCUT2D eigenvalue weighted by atomic mass is 10.2. The van der Waals surface area contributed by atoms with Crippen LogP contribution in [0.2, 0.25) is 5.02 Å². The zero-order valence-electron chi connectivity index (χ0n) is 10.4. The SMILES string of the molecule is Cc1ccc(Oc2ccc(CN)c(C)n2)c(Cl)c1. The Bertz CT molecular complexity index is 570. The van der Waals surface area contributed by atoms with Gasteiger partial charge in [-0.2, -0.15) is 0 Å². The van der Waals surface area contributed by atoms with Crippen LogP contribution in [0.3, 0.4) is 0 Å². The number of nitrogens with two attached hydrogens (primary N) is 1. The van der Waals surface area contributed by atoms with Gasteiger partial charge < -0.3 is 10.5 Å². The fourth-order valence-corrected chi connectivity index (χ4v) is 1.91. The summed E-state index contributed by atoms with van der Waals surface area (Å²) in [5.74, 6) is 1.13. The molecule has 0 unspecified atom stereocenters. The Balaban J connectivity index is 2.26. The standard InChI is InChI=1S/C14H15ClN2O/c1-9-3-5-13(12(15)7-9)18-14-6-4-11(8-16)10(2)17-14/h3-7H,8,16H2,1-2H3. The second-order valence-electron chi connectivity index (χ2n) is 4.13. The molecule has 2 aromatic rings. The molecule has 0 spiro atoms. The largest absolute Gasteiger partial charge is 0.437 e. The first-order valence-corrected chi connectivity index (χ1v) is 6.08. The van der Waals surface area contributed by atoms with E-state index in [4.69, 9.17) is 22.1 Å². The molecule has 0 atom stereocenters. The number of nitrogens with zero attached hydrogens (tertiary/aromatic N) is 1. The number of ether oxygens (including phenoxy) is 1. The lowest BCUT2D eigenvalue weighted by Gasteiger charge is -2.09. The van der Waals surface area contributed by atoms with Crippen LogP contribution in [0.5, 0.6) is 11.6 Å². The monoisotopic (exact) mass is 262 g/mol. The van der Waals surface area contributed by atoms with Gasteiger partial charge >= 0.3 is 0 Å². The van der Waals surface area contributed by atoms with E-state index in [0.29, 0.717) is 23.2 Å². The second kappa shape index (κ2) is 5.38. The van der Waals surface area contributed by atoms with E-state index < -0.39 is 0 Å². The van der Waals surface area contributed by atoms with Crippen LogP contribution in [0, 0.1) is 13.8 Å². The molecule has 0 aliphatic rings. The van der Waals surface area contributed by atoms with Gasteiger partial charge in [-0.15, -0.1) is 0 Å². The maximum Gasteiger partial charge on any atom is 0.219 e. The van der Waals surface area contributed by atoms with Gasteiger partial charge in [-0.3, -0.25) is 0 Å². The predicted octanol–water partition coefficient (Wildman–Crippen LogP) is 3.60. The normalized spacial score (nSPS) is 10.4. The van der Waals surface area contributed by atoms with Crippen molar-refractivity contribution in [3.05, 3.63) is 52.2 Å². The average molecular weight is 263 g/mol. The number of aromatic nitrogens is 1. The highest BCUT2D eigenvalue weighted by Gasteiger charge is 2.06. The van der Waals surface area contributed by atoms with Crippen LogP contribution in [0.1, 0.15) is 16.8 Å². The van der Waals surface area contributed by atoms with Crippen LogP contribution in [0.25, 0.3) is 0 Å². The smallest absolute Gasteiger partial charge is 0.219 e. The highest BCUT2D eigenvalue weighted by molar-refractivity contribution is 6.32. The van der Waals surface area contributed by atoms with Gasteiger partial charge in [0.05, 0.1) is 5.02 Å². The maximum absolute atomic E-state index is 6.10. The summed E-state index contributed by atoms with van der Waals surface area (Å²) in [6, 6.07) is 9.36. The minimum absolute atomic E-state index is 0.477. The van der Waals surface area contributed by atoms with Crippen molar-refractivity contribution in [2.45, 2.75) is 20.4 Å². The molecule has 3 nitrogen and oxygen atoms in total. The van der Waals surface area contributed by atoms with Crippen molar-refractivity contribution in [3.63, 3.8) is 0 Å². The average Bonchev–Trinajstić information content (AvgIpc) is 2.33. The molecule has 0 saturated carbocycles. The summed E-state index contributed by atoms with van der Waals surface area (Å²) in [5, 5.41) is 0.581. The molecule has 0 bridgehead atoms. The van der Waals surface area contributed by atoms with Crippen molar-refractivity contribution in [2.24, 2.45) is 5.73 Å². The summed E-state index contributed by atoms with van der Waals surface area (Å²) in [5.41, 5.74) is 8.57. The summed E-state index contributed by atoms with van der Waals surface area (Å²) in [4.78, 5) is 4.34. The zero-order chi connectivity index (χ0) is 13.1. The molecule has 1 aromatic carbocycles. The number of halogens is 1. The van der Waals surface area contributed by atoms with E-state index in [2.05, 4.69) is 4.98 Å². The van der Waals surface area contributed by atoms with Gasteiger partial charge in [0, 0.05) is 18.3 Å². The molecular weight excluding hydrogens is 248 g/mol. The fraction of sp³-hybridized carbons (Fsp3) is 0.214. The van der Waals surface area contributed by atoms with E-state index in [-0.39, 0.29) is 0 Å². The lowest BCUT2D eigenvalue weighted by molar-refractivity contribution is 0.461. The molecular formula is C14H15ClN2O. The van der Waals surface area contributed by atoms with Gasteiger partial charge in [-0.1, -0.05) is 23.7 Å². The third kappa shape index (κ3) is 2.81. The van der Waals surface area contributed by atoms with Gasteiger partial charge in [0.25, 0.3) is 0 Å². The van der Waals surface area contributed by atoms with Gasteiger partial charge in [0.1, 0.15) is 5.75 Å². The first-order chi connectivity index (χ1) is 8.60. The third-order valence-corrected chi connectivity index (χ3v) is 2.99. The third-order valence-electron chi connectivity index (χ3n) is 2.69. The first kappa shape index (κ1) is 12.9. The molecule has 0 fully saturated rings. The Labute approximate surface area is 112 Å². The molecule has 2 N–H and O–H groups in total. The van der Waals surface area contributed by atoms with E-state index in [1.807, 2.05) is 38.1 Å². The van der Waals surface area contributed by atoms with Crippen LogP contribution >= 0.6 is 11.6 Å². The Morgan fingerprint density at radius 3 is 2.61 bits per heavy atom. The van der Waals surface area contributed by atoms with Crippen molar-refractivity contribution in [1.82, 2.24) is 4.98 Å². The van der Waals surface area contributed by atoms with Crippen LogP contribution in [0.4, 0.5) is 0 Å². The molecule has 0 radical (unpaired) electrons. The number of aryl methyl sites for hydroxylation is 2. The number of hydrogen-bond acceptors (Lipinski definition) is 3. The van der Waals surface area contributed by atoms with Crippen LogP contribution < -0.4 is 10.5 Å². The lowest BCUT2D eigenvalue weighted by Crippen LogP contribution is -2.01. The molecule has 0 aliphatic heterocycles. The molecule has 18 heavy (non-hydrogen) atoms. The summed E-state index contributed by atoms with van der Waals surface area (Å²) in [6.07, 6.45) is 0. The Kier molecular flexibility index (Phi) is 3.84. The van der Waals surface area contributed by atoms with Gasteiger partial charge in [0.15, 0.2) is 0 Å². The van der Waals surface area contributed by atoms with Crippen molar-refractivity contribution < 1.29 is 4.74 Å². The second-order valence-corrected chi connectivity index (χ2v) is 4.54. The number of hydrogen-bond donors (Lipinski definition) is 1. The molecule has 0 aliphatic carbocycles. The van der Waals surface area contributed by atoms with Crippen molar-refractivity contribution in [3.8, 4) is 11.6 Å². The Morgan fingerprint density at radius 1 is 1.22 bits per heavy atom. The maximum atomic E-state index is 6.10. The van der Waals surface area contributed by atoms with E-state index in [1.165, 1.54) is 0 Å². The van der Waals surface area contributed by atoms with Gasteiger partial charge in [-0.25, -0.2) is 4.98 Å². The topological polar surface area (TPSA) is 48.1 Å². The minimum Gasteiger partial charge on any atom is -0.437 e. The highest BCUT2D eigenvalue weighted by Crippen LogP contribution is 2.29. The number of rotatable bonds is 3. The van der Waals surface area contributed by atoms with E-state index >= 15 is 0 Å². The van der Waals surface area contributed by atoms with Gasteiger partial charge in [-0.05, 0) is 37.1 Å². The summed E-state index contributed by atoms with van der Waals surface area (Å²) in [7, 11) is 0. The molecule has 0 amide bonds. The molecule has 1 heterocycles. The molecule has 2 rings (SSSR count). The van der Waals surface area contributed by atoms with E-state index in [1.54, 1.807) is 6.07 Å². The molecule has 94 valence electrons. The van der Waals surface area contributed by atoms with Crippen molar-refractivity contribution in [1.29, 1.82) is 0 Å². The van der Waals surface area contributed by atoms with Crippen LogP contribution in [-0.2, 0) is 6.54 Å². The van der Waals surface area contributed by atoms with E-state index in [9.17, 15) is 0 Å². The zero-order valence-corrected chi connectivity index (χ0v) is 11.2. The quantitative estimate of drug-likeness (QED) is 0.919. The number of benzene rings is 1. The molecule has 4 heteroatoms. The van der Waals surface area contributed by atoms with Crippen molar-refractivity contribution in [2.75, 3.05) is 0 Å². The Morgan fingerprint density at radius 2 is 2.00 bits per heavy atom. The van der Waals surface area contributed by atoms with Crippen LogP contribution in [-0.4, -0.2) is 4.98 Å². The van der Waals surface area contributed by atoms with Gasteiger partial charge in [0.2, 0.25) is 5.88 Å².